The Kier molecular flexibility index (Phi) is 3.73. The Hall–Kier alpha value is 0.137. The fraction of sp³-hybridized carbons (Fsp3) is 1.00. The molecule has 1 heterocycles. The van der Waals surface area contributed by atoms with Crippen molar-refractivity contribution in [2.24, 2.45) is 11.3 Å². The van der Waals surface area contributed by atoms with Crippen LogP contribution in [0.25, 0.3) is 0 Å². The summed E-state index contributed by atoms with van der Waals surface area (Å²) in [5, 5.41) is 0.284. The molecule has 112 valence electrons. The molecule has 0 spiro atoms. The van der Waals surface area contributed by atoms with Crippen LogP contribution in [0.1, 0.15) is 54.4 Å². The van der Waals surface area contributed by atoms with Crippen molar-refractivity contribution < 1.29 is 9.16 Å². The highest BCUT2D eigenvalue weighted by molar-refractivity contribution is 6.74. The monoisotopic (exact) mass is 284 g/mol. The lowest BCUT2D eigenvalue weighted by atomic mass is 9.72. The number of fused-ring (bicyclic) bond motifs is 1. The van der Waals surface area contributed by atoms with E-state index in [1.807, 2.05) is 0 Å². The van der Waals surface area contributed by atoms with Gasteiger partial charge < -0.3 is 9.16 Å². The van der Waals surface area contributed by atoms with E-state index in [-0.39, 0.29) is 5.04 Å². The number of ether oxygens (including phenoxy) is 1. The third-order valence-corrected chi connectivity index (χ3v) is 10.0. The molecule has 1 aliphatic heterocycles. The molecule has 3 heteroatoms. The van der Waals surface area contributed by atoms with Crippen molar-refractivity contribution in [1.29, 1.82) is 0 Å². The lowest BCUT2D eigenvalue weighted by molar-refractivity contribution is 0.0780. The topological polar surface area (TPSA) is 21.8 Å². The standard InChI is InChI=1S/C16H32O2Si/c1-15(2,3)11-9-12-14(17-12)13(10-11)18-19(7,8)16(4,5)6/h11-14H,9-10H2,1-8H3/t11-,12-,13+,14-/m0/s1. The van der Waals surface area contributed by atoms with Crippen LogP contribution in [0.5, 0.6) is 0 Å². The molecule has 4 atom stereocenters. The number of epoxide rings is 1. The number of hydrogen-bond donors (Lipinski definition) is 0. The Bertz CT molecular complexity index is 338. The minimum Gasteiger partial charge on any atom is -0.411 e. The molecule has 2 aliphatic rings. The first-order valence-electron chi connectivity index (χ1n) is 7.75. The molecule has 2 fully saturated rings. The molecule has 0 unspecified atom stereocenters. The summed E-state index contributed by atoms with van der Waals surface area (Å²) in [6.45, 7) is 18.7. The lowest BCUT2D eigenvalue weighted by Crippen LogP contribution is -2.48. The van der Waals surface area contributed by atoms with Gasteiger partial charge in [-0.3, -0.25) is 0 Å². The van der Waals surface area contributed by atoms with Gasteiger partial charge in [0.15, 0.2) is 8.32 Å². The van der Waals surface area contributed by atoms with Gasteiger partial charge in [-0.25, -0.2) is 0 Å². The molecule has 0 amide bonds. The fourth-order valence-corrected chi connectivity index (χ4v) is 4.18. The molecular weight excluding hydrogens is 252 g/mol. The lowest BCUT2D eigenvalue weighted by Gasteiger charge is -2.42. The summed E-state index contributed by atoms with van der Waals surface area (Å²) in [5.41, 5.74) is 0.367. The van der Waals surface area contributed by atoms with E-state index >= 15 is 0 Å². The van der Waals surface area contributed by atoms with Crippen molar-refractivity contribution in [3.05, 3.63) is 0 Å². The van der Waals surface area contributed by atoms with Crippen LogP contribution in [-0.2, 0) is 9.16 Å². The zero-order valence-electron chi connectivity index (χ0n) is 14.0. The van der Waals surface area contributed by atoms with Crippen molar-refractivity contribution in [1.82, 2.24) is 0 Å². The third-order valence-electron chi connectivity index (χ3n) is 5.50. The van der Waals surface area contributed by atoms with E-state index in [4.69, 9.17) is 9.16 Å². The second-order valence-corrected chi connectivity index (χ2v) is 13.8. The Balaban J connectivity index is 2.05. The zero-order chi connectivity index (χ0) is 14.6. The Morgan fingerprint density at radius 1 is 1.00 bits per heavy atom. The molecule has 0 aromatic carbocycles. The van der Waals surface area contributed by atoms with Crippen molar-refractivity contribution in [3.8, 4) is 0 Å². The molecular formula is C16H32O2Si. The van der Waals surface area contributed by atoms with Crippen LogP contribution in [0.15, 0.2) is 0 Å². The summed E-state index contributed by atoms with van der Waals surface area (Å²) in [6, 6.07) is 0. The minimum absolute atomic E-state index is 0.284. The maximum Gasteiger partial charge on any atom is 0.192 e. The highest BCUT2D eigenvalue weighted by Crippen LogP contribution is 2.49. The van der Waals surface area contributed by atoms with Crippen molar-refractivity contribution >= 4 is 8.32 Å². The normalized spacial score (nSPS) is 36.0. The first-order valence-corrected chi connectivity index (χ1v) is 10.7. The highest BCUT2D eigenvalue weighted by atomic mass is 28.4. The van der Waals surface area contributed by atoms with Gasteiger partial charge in [0.1, 0.15) is 6.10 Å². The average Bonchev–Trinajstić information content (AvgIpc) is 2.92. The molecule has 1 saturated carbocycles. The quantitative estimate of drug-likeness (QED) is 0.546. The largest absolute Gasteiger partial charge is 0.411 e. The van der Waals surface area contributed by atoms with Crippen LogP contribution in [0, 0.1) is 11.3 Å². The summed E-state index contributed by atoms with van der Waals surface area (Å²) in [5.74, 6) is 0.728. The summed E-state index contributed by atoms with van der Waals surface area (Å²) in [4.78, 5) is 0. The van der Waals surface area contributed by atoms with Gasteiger partial charge in [0.2, 0.25) is 0 Å². The van der Waals surface area contributed by atoms with Crippen LogP contribution in [0.3, 0.4) is 0 Å². The van der Waals surface area contributed by atoms with Gasteiger partial charge in [-0.1, -0.05) is 41.5 Å². The smallest absolute Gasteiger partial charge is 0.192 e. The second kappa shape index (κ2) is 4.57. The van der Waals surface area contributed by atoms with Crippen molar-refractivity contribution in [3.63, 3.8) is 0 Å². The van der Waals surface area contributed by atoms with E-state index in [0.717, 1.165) is 5.92 Å². The molecule has 1 saturated heterocycles. The van der Waals surface area contributed by atoms with Crippen LogP contribution < -0.4 is 0 Å². The van der Waals surface area contributed by atoms with E-state index in [0.29, 0.717) is 23.7 Å². The van der Waals surface area contributed by atoms with Gasteiger partial charge >= 0.3 is 0 Å². The first-order chi connectivity index (χ1) is 8.42. The van der Waals surface area contributed by atoms with Crippen LogP contribution >= 0.6 is 0 Å². The summed E-state index contributed by atoms with van der Waals surface area (Å²) in [6.07, 6.45) is 3.62. The molecule has 2 nitrogen and oxygen atoms in total. The maximum absolute atomic E-state index is 6.64. The first kappa shape index (κ1) is 15.5. The fourth-order valence-electron chi connectivity index (χ4n) is 2.84. The molecule has 0 aromatic heterocycles. The van der Waals surface area contributed by atoms with Crippen LogP contribution in [-0.4, -0.2) is 26.6 Å². The molecule has 19 heavy (non-hydrogen) atoms. The maximum atomic E-state index is 6.64. The SMILES string of the molecule is CC(C)(C)[C@H]1C[C@@H]2O[C@@H]2[C@H](O[Si](C)(C)C(C)(C)C)C1. The van der Waals surface area contributed by atoms with E-state index in [1.54, 1.807) is 0 Å². The van der Waals surface area contributed by atoms with Crippen molar-refractivity contribution in [2.45, 2.75) is 90.8 Å². The van der Waals surface area contributed by atoms with E-state index in [1.165, 1.54) is 12.8 Å². The zero-order valence-corrected chi connectivity index (χ0v) is 15.0. The Morgan fingerprint density at radius 2 is 1.58 bits per heavy atom. The summed E-state index contributed by atoms with van der Waals surface area (Å²) < 4.78 is 12.5. The summed E-state index contributed by atoms with van der Waals surface area (Å²) in [7, 11) is -1.68. The molecule has 0 radical (unpaired) electrons. The highest BCUT2D eigenvalue weighted by Gasteiger charge is 2.55. The molecule has 2 rings (SSSR count). The van der Waals surface area contributed by atoms with Gasteiger partial charge in [0.05, 0.1) is 12.2 Å². The van der Waals surface area contributed by atoms with Gasteiger partial charge in [0.25, 0.3) is 0 Å². The Labute approximate surface area is 120 Å². The van der Waals surface area contributed by atoms with Crippen molar-refractivity contribution in [2.75, 3.05) is 0 Å². The number of hydrogen-bond acceptors (Lipinski definition) is 2. The van der Waals surface area contributed by atoms with Crippen LogP contribution in [0.4, 0.5) is 0 Å². The van der Waals surface area contributed by atoms with Gasteiger partial charge in [-0.2, -0.15) is 0 Å². The molecule has 1 aliphatic carbocycles. The molecule has 0 N–H and O–H groups in total. The molecule has 0 bridgehead atoms. The van der Waals surface area contributed by atoms with E-state index < -0.39 is 8.32 Å². The van der Waals surface area contributed by atoms with E-state index in [2.05, 4.69) is 54.6 Å². The number of rotatable bonds is 2. The van der Waals surface area contributed by atoms with Gasteiger partial charge in [0, 0.05) is 0 Å². The average molecular weight is 285 g/mol. The van der Waals surface area contributed by atoms with Crippen LogP contribution in [0.2, 0.25) is 18.1 Å². The predicted molar refractivity (Wildman–Crippen MR) is 82.9 cm³/mol. The van der Waals surface area contributed by atoms with Gasteiger partial charge in [-0.15, -0.1) is 0 Å². The minimum atomic E-state index is -1.68. The van der Waals surface area contributed by atoms with Gasteiger partial charge in [-0.05, 0) is 42.3 Å². The Morgan fingerprint density at radius 3 is 2.05 bits per heavy atom. The molecule has 0 aromatic rings. The summed E-state index contributed by atoms with van der Waals surface area (Å²) >= 11 is 0. The second-order valence-electron chi connectivity index (χ2n) is 9.09. The predicted octanol–water partition coefficient (Wildman–Crippen LogP) is 4.60. The van der Waals surface area contributed by atoms with E-state index in [9.17, 15) is 0 Å². The third kappa shape index (κ3) is 3.25.